The van der Waals surface area contributed by atoms with Crippen LogP contribution in [0.3, 0.4) is 0 Å². The lowest BCUT2D eigenvalue weighted by atomic mass is 10.1. The van der Waals surface area contributed by atoms with Crippen molar-refractivity contribution in [1.82, 2.24) is 4.90 Å². The van der Waals surface area contributed by atoms with E-state index in [0.29, 0.717) is 12.2 Å². The van der Waals surface area contributed by atoms with Gasteiger partial charge in [-0.1, -0.05) is 60.7 Å². The largest absolute Gasteiger partial charge is 0.489 e. The van der Waals surface area contributed by atoms with Crippen LogP contribution in [0, 0.1) is 0 Å². The van der Waals surface area contributed by atoms with E-state index in [2.05, 4.69) is 12.1 Å². The Balaban J connectivity index is 1.47. The number of carbonyl (C=O) groups excluding carboxylic acids is 1. The van der Waals surface area contributed by atoms with Crippen LogP contribution in [-0.4, -0.2) is 24.4 Å². The maximum atomic E-state index is 12.6. The van der Waals surface area contributed by atoms with Crippen molar-refractivity contribution in [2.45, 2.75) is 19.4 Å². The molecule has 0 aromatic heterocycles. The topological polar surface area (TPSA) is 29.5 Å². The van der Waals surface area contributed by atoms with E-state index in [4.69, 9.17) is 4.74 Å². The molecule has 0 aliphatic carbocycles. The number of rotatable bonds is 8. The minimum absolute atomic E-state index is 0.0542. The van der Waals surface area contributed by atoms with Gasteiger partial charge in [0, 0.05) is 19.2 Å². The quantitative estimate of drug-likeness (QED) is 0.568. The Morgan fingerprint density at radius 2 is 1.44 bits per heavy atom. The van der Waals surface area contributed by atoms with Crippen molar-refractivity contribution in [3.8, 4) is 5.75 Å². The van der Waals surface area contributed by atoms with Crippen LogP contribution in [0.4, 0.5) is 0 Å². The molecule has 0 aliphatic rings. The summed E-state index contributed by atoms with van der Waals surface area (Å²) < 4.78 is 5.74. The molecular formula is C24H25NO2. The molecule has 0 aliphatic heterocycles. The van der Waals surface area contributed by atoms with Crippen molar-refractivity contribution in [2.75, 3.05) is 13.6 Å². The molecule has 138 valence electrons. The van der Waals surface area contributed by atoms with Gasteiger partial charge >= 0.3 is 0 Å². The summed E-state index contributed by atoms with van der Waals surface area (Å²) >= 11 is 0. The summed E-state index contributed by atoms with van der Waals surface area (Å²) in [4.78, 5) is 14.4. The monoisotopic (exact) mass is 359 g/mol. The van der Waals surface area contributed by atoms with Crippen molar-refractivity contribution in [2.24, 2.45) is 0 Å². The predicted molar refractivity (Wildman–Crippen MR) is 109 cm³/mol. The van der Waals surface area contributed by atoms with Crippen molar-refractivity contribution in [1.29, 1.82) is 0 Å². The second-order valence-corrected chi connectivity index (χ2v) is 6.61. The fourth-order valence-corrected chi connectivity index (χ4v) is 2.91. The molecule has 0 saturated carbocycles. The van der Waals surface area contributed by atoms with Gasteiger partial charge < -0.3 is 9.64 Å². The highest BCUT2D eigenvalue weighted by Gasteiger charge is 2.11. The second kappa shape index (κ2) is 9.58. The molecule has 3 heteroatoms. The van der Waals surface area contributed by atoms with E-state index in [-0.39, 0.29) is 5.91 Å². The molecule has 0 unspecified atom stereocenters. The van der Waals surface area contributed by atoms with Crippen molar-refractivity contribution in [3.05, 3.63) is 102 Å². The van der Waals surface area contributed by atoms with Crippen LogP contribution in [-0.2, 0) is 13.0 Å². The summed E-state index contributed by atoms with van der Waals surface area (Å²) in [5.41, 5.74) is 3.06. The SMILES string of the molecule is CN(CCCc1ccccc1)C(=O)c1ccc(COc2ccccc2)cc1. The molecule has 0 fully saturated rings. The Hall–Kier alpha value is -3.07. The first-order valence-electron chi connectivity index (χ1n) is 9.28. The van der Waals surface area contributed by atoms with Crippen LogP contribution in [0.25, 0.3) is 0 Å². The van der Waals surface area contributed by atoms with Gasteiger partial charge in [0.25, 0.3) is 5.91 Å². The Kier molecular flexibility index (Phi) is 6.64. The number of hydrogen-bond acceptors (Lipinski definition) is 2. The molecule has 3 rings (SSSR count). The average Bonchev–Trinajstić information content (AvgIpc) is 2.73. The standard InChI is InChI=1S/C24H25NO2/c1-25(18-8-11-20-9-4-2-5-10-20)24(26)22-16-14-21(15-17-22)19-27-23-12-6-3-7-13-23/h2-7,9-10,12-17H,8,11,18-19H2,1H3. The third-order valence-electron chi connectivity index (χ3n) is 4.50. The number of ether oxygens (including phenoxy) is 1. The summed E-state index contributed by atoms with van der Waals surface area (Å²) in [6.45, 7) is 1.23. The first-order chi connectivity index (χ1) is 13.2. The summed E-state index contributed by atoms with van der Waals surface area (Å²) in [5.74, 6) is 0.898. The van der Waals surface area contributed by atoms with E-state index in [9.17, 15) is 4.79 Å². The van der Waals surface area contributed by atoms with Crippen LogP contribution >= 0.6 is 0 Å². The van der Waals surface area contributed by atoms with Crippen LogP contribution in [0.15, 0.2) is 84.9 Å². The Morgan fingerprint density at radius 3 is 2.11 bits per heavy atom. The maximum absolute atomic E-state index is 12.6. The van der Waals surface area contributed by atoms with Crippen molar-refractivity contribution < 1.29 is 9.53 Å². The lowest BCUT2D eigenvalue weighted by Crippen LogP contribution is -2.28. The zero-order valence-corrected chi connectivity index (χ0v) is 15.7. The molecule has 0 radical (unpaired) electrons. The predicted octanol–water partition coefficient (Wildman–Crippen LogP) is 4.97. The molecule has 1 amide bonds. The van der Waals surface area contributed by atoms with Gasteiger partial charge in [-0.15, -0.1) is 0 Å². The highest BCUT2D eigenvalue weighted by atomic mass is 16.5. The lowest BCUT2D eigenvalue weighted by Gasteiger charge is -2.17. The lowest BCUT2D eigenvalue weighted by molar-refractivity contribution is 0.0793. The summed E-state index contributed by atoms with van der Waals surface area (Å²) in [7, 11) is 1.86. The zero-order valence-electron chi connectivity index (χ0n) is 15.7. The third-order valence-corrected chi connectivity index (χ3v) is 4.50. The number of carbonyl (C=O) groups is 1. The van der Waals surface area contributed by atoms with Crippen LogP contribution in [0.1, 0.15) is 27.9 Å². The summed E-state index contributed by atoms with van der Waals surface area (Å²) in [6.07, 6.45) is 1.93. The van der Waals surface area contributed by atoms with Gasteiger partial charge in [0.05, 0.1) is 0 Å². The van der Waals surface area contributed by atoms with Gasteiger partial charge in [-0.25, -0.2) is 0 Å². The highest BCUT2D eigenvalue weighted by molar-refractivity contribution is 5.94. The summed E-state index contributed by atoms with van der Waals surface area (Å²) in [6, 6.07) is 27.7. The first-order valence-corrected chi connectivity index (χ1v) is 9.28. The average molecular weight is 359 g/mol. The number of amides is 1. The normalized spacial score (nSPS) is 10.4. The van der Waals surface area contributed by atoms with Gasteiger partial charge in [0.15, 0.2) is 0 Å². The fourth-order valence-electron chi connectivity index (χ4n) is 2.91. The Morgan fingerprint density at radius 1 is 0.815 bits per heavy atom. The van der Waals surface area contributed by atoms with E-state index in [1.165, 1.54) is 5.56 Å². The second-order valence-electron chi connectivity index (χ2n) is 6.61. The molecule has 0 spiro atoms. The summed E-state index contributed by atoms with van der Waals surface area (Å²) in [5, 5.41) is 0. The fraction of sp³-hybridized carbons (Fsp3) is 0.208. The minimum Gasteiger partial charge on any atom is -0.489 e. The van der Waals surface area contributed by atoms with E-state index < -0.39 is 0 Å². The van der Waals surface area contributed by atoms with E-state index in [0.717, 1.165) is 30.7 Å². The van der Waals surface area contributed by atoms with Crippen molar-refractivity contribution in [3.63, 3.8) is 0 Å². The molecular weight excluding hydrogens is 334 g/mol. The zero-order chi connectivity index (χ0) is 18.9. The van der Waals surface area contributed by atoms with Gasteiger partial charge in [-0.3, -0.25) is 4.79 Å². The van der Waals surface area contributed by atoms with E-state index >= 15 is 0 Å². The van der Waals surface area contributed by atoms with Crippen LogP contribution < -0.4 is 4.74 Å². The van der Waals surface area contributed by atoms with Gasteiger partial charge in [-0.05, 0) is 48.2 Å². The highest BCUT2D eigenvalue weighted by Crippen LogP contribution is 2.13. The molecule has 0 heterocycles. The van der Waals surface area contributed by atoms with Gasteiger partial charge in [-0.2, -0.15) is 0 Å². The number of aryl methyl sites for hydroxylation is 1. The van der Waals surface area contributed by atoms with E-state index in [1.807, 2.05) is 79.8 Å². The maximum Gasteiger partial charge on any atom is 0.253 e. The number of benzene rings is 3. The molecule has 3 nitrogen and oxygen atoms in total. The van der Waals surface area contributed by atoms with E-state index in [1.54, 1.807) is 4.90 Å². The van der Waals surface area contributed by atoms with Gasteiger partial charge in [0.2, 0.25) is 0 Å². The van der Waals surface area contributed by atoms with Crippen molar-refractivity contribution >= 4 is 5.91 Å². The molecule has 27 heavy (non-hydrogen) atoms. The Labute approximate surface area is 161 Å². The molecule has 0 atom stereocenters. The Bertz CT molecular complexity index is 829. The van der Waals surface area contributed by atoms with Crippen LogP contribution in [0.5, 0.6) is 5.75 Å². The van der Waals surface area contributed by atoms with Crippen LogP contribution in [0.2, 0.25) is 0 Å². The first kappa shape index (κ1) is 18.7. The molecule has 3 aromatic rings. The minimum atomic E-state index is 0.0542. The number of nitrogens with zero attached hydrogens (tertiary/aromatic N) is 1. The molecule has 0 saturated heterocycles. The molecule has 0 N–H and O–H groups in total. The number of hydrogen-bond donors (Lipinski definition) is 0. The third kappa shape index (κ3) is 5.71. The van der Waals surface area contributed by atoms with Gasteiger partial charge in [0.1, 0.15) is 12.4 Å². The molecule has 3 aromatic carbocycles. The smallest absolute Gasteiger partial charge is 0.253 e. The molecule has 0 bridgehead atoms. The number of para-hydroxylation sites is 1.